The molecule has 0 aliphatic carbocycles. The van der Waals surface area contributed by atoms with Gasteiger partial charge in [0.1, 0.15) is 5.82 Å². The van der Waals surface area contributed by atoms with Gasteiger partial charge in [0.15, 0.2) is 0 Å². The van der Waals surface area contributed by atoms with Crippen LogP contribution in [0.3, 0.4) is 0 Å². The lowest BCUT2D eigenvalue weighted by molar-refractivity contribution is 1.00. The van der Waals surface area contributed by atoms with Gasteiger partial charge in [-0.05, 0) is 48.2 Å². The van der Waals surface area contributed by atoms with Gasteiger partial charge in [0.2, 0.25) is 5.95 Å². The zero-order valence-corrected chi connectivity index (χ0v) is 14.0. The summed E-state index contributed by atoms with van der Waals surface area (Å²) in [6.07, 6.45) is 2.69. The van der Waals surface area contributed by atoms with Gasteiger partial charge in [-0.2, -0.15) is 4.98 Å². The molecule has 0 aliphatic rings. The number of hydrogen-bond donors (Lipinski definition) is 3. The Morgan fingerprint density at radius 3 is 2.71 bits per heavy atom. The van der Waals surface area contributed by atoms with Crippen LogP contribution >= 0.6 is 11.9 Å². The van der Waals surface area contributed by atoms with Crippen LogP contribution in [0.15, 0.2) is 71.8 Å². The maximum absolute atomic E-state index is 5.59. The van der Waals surface area contributed by atoms with Crippen molar-refractivity contribution in [3.05, 3.63) is 72.4 Å². The van der Waals surface area contributed by atoms with E-state index in [1.165, 1.54) is 17.5 Å². The lowest BCUT2D eigenvalue weighted by atomic mass is 10.1. The van der Waals surface area contributed by atoms with Crippen molar-refractivity contribution in [2.24, 2.45) is 5.14 Å². The van der Waals surface area contributed by atoms with Crippen LogP contribution < -0.4 is 15.8 Å². The van der Waals surface area contributed by atoms with Crippen LogP contribution in [0.25, 0.3) is 0 Å². The third-order valence-electron chi connectivity index (χ3n) is 3.44. The number of rotatable bonds is 7. The summed E-state index contributed by atoms with van der Waals surface area (Å²) < 4.78 is 0. The molecule has 4 N–H and O–H groups in total. The first-order chi connectivity index (χ1) is 11.8. The summed E-state index contributed by atoms with van der Waals surface area (Å²) in [7, 11) is 0. The Hall–Kier alpha value is -2.57. The third kappa shape index (κ3) is 4.71. The molecule has 1 heterocycles. The average molecular weight is 337 g/mol. The number of nitrogens with zero attached hydrogens (tertiary/aromatic N) is 2. The summed E-state index contributed by atoms with van der Waals surface area (Å²) in [4.78, 5) is 9.72. The van der Waals surface area contributed by atoms with E-state index in [9.17, 15) is 0 Å². The third-order valence-corrected chi connectivity index (χ3v) is 3.97. The zero-order chi connectivity index (χ0) is 16.6. The van der Waals surface area contributed by atoms with Crippen LogP contribution in [0.1, 0.15) is 5.56 Å². The van der Waals surface area contributed by atoms with E-state index in [4.69, 9.17) is 5.14 Å². The lowest BCUT2D eigenvalue weighted by Crippen LogP contribution is -2.07. The molecule has 2 aromatic carbocycles. The van der Waals surface area contributed by atoms with E-state index < -0.39 is 0 Å². The largest absolute Gasteiger partial charge is 0.370 e. The second-order valence-electron chi connectivity index (χ2n) is 5.20. The van der Waals surface area contributed by atoms with Gasteiger partial charge in [-0.25, -0.2) is 4.98 Å². The van der Waals surface area contributed by atoms with Gasteiger partial charge < -0.3 is 10.6 Å². The Balaban J connectivity index is 1.59. The van der Waals surface area contributed by atoms with E-state index in [1.54, 1.807) is 6.20 Å². The molecule has 0 fully saturated rings. The molecule has 3 aromatic rings. The van der Waals surface area contributed by atoms with E-state index in [1.807, 2.05) is 36.4 Å². The Bertz CT molecular complexity index is 779. The normalized spacial score (nSPS) is 10.4. The minimum Gasteiger partial charge on any atom is -0.370 e. The number of nitrogens with one attached hydrogen (secondary N) is 2. The topological polar surface area (TPSA) is 75.9 Å². The molecule has 3 rings (SSSR count). The summed E-state index contributed by atoms with van der Waals surface area (Å²) >= 11 is 1.21. The van der Waals surface area contributed by atoms with Crippen LogP contribution in [0.4, 0.5) is 17.5 Å². The number of anilines is 3. The van der Waals surface area contributed by atoms with Crippen LogP contribution in [0.5, 0.6) is 0 Å². The Kier molecular flexibility index (Phi) is 5.65. The fraction of sp³-hybridized carbons (Fsp3) is 0.111. The van der Waals surface area contributed by atoms with E-state index in [2.05, 4.69) is 44.9 Å². The van der Waals surface area contributed by atoms with Crippen LogP contribution in [0.2, 0.25) is 0 Å². The molecule has 0 bridgehead atoms. The van der Waals surface area contributed by atoms with Crippen LogP contribution in [-0.2, 0) is 6.42 Å². The molecule has 0 saturated heterocycles. The molecule has 0 radical (unpaired) electrons. The summed E-state index contributed by atoms with van der Waals surface area (Å²) in [5.74, 6) is 1.35. The summed E-state index contributed by atoms with van der Waals surface area (Å²) in [5.41, 5.74) is 2.21. The van der Waals surface area contributed by atoms with Crippen molar-refractivity contribution in [1.82, 2.24) is 9.97 Å². The second kappa shape index (κ2) is 8.33. The van der Waals surface area contributed by atoms with Crippen molar-refractivity contribution in [2.75, 3.05) is 17.2 Å². The molecule has 6 heteroatoms. The highest BCUT2D eigenvalue weighted by molar-refractivity contribution is 7.97. The molecule has 122 valence electrons. The molecule has 0 aliphatic heterocycles. The van der Waals surface area contributed by atoms with Gasteiger partial charge in [-0.15, -0.1) is 0 Å². The molecule has 0 atom stereocenters. The molecular formula is C18H19N5S. The van der Waals surface area contributed by atoms with Gasteiger partial charge in [0, 0.05) is 23.3 Å². The zero-order valence-electron chi connectivity index (χ0n) is 13.1. The first-order valence-corrected chi connectivity index (χ1v) is 8.56. The highest BCUT2D eigenvalue weighted by Crippen LogP contribution is 2.19. The Morgan fingerprint density at radius 2 is 1.88 bits per heavy atom. The highest BCUT2D eigenvalue weighted by Gasteiger charge is 2.01. The first kappa shape index (κ1) is 16.3. The van der Waals surface area contributed by atoms with Gasteiger partial charge in [-0.1, -0.05) is 36.4 Å². The molecule has 0 saturated carbocycles. The minimum absolute atomic E-state index is 0.555. The number of hydrogen-bond acceptors (Lipinski definition) is 6. The maximum Gasteiger partial charge on any atom is 0.229 e. The number of aromatic nitrogens is 2. The molecule has 5 nitrogen and oxygen atoms in total. The summed E-state index contributed by atoms with van der Waals surface area (Å²) in [6.45, 7) is 0.819. The van der Waals surface area contributed by atoms with Gasteiger partial charge >= 0.3 is 0 Å². The molecule has 0 amide bonds. The fourth-order valence-electron chi connectivity index (χ4n) is 2.27. The summed E-state index contributed by atoms with van der Waals surface area (Å²) in [5, 5.41) is 12.1. The standard InChI is InChI=1S/C18H19N5S/c19-24-16-8-4-7-15(13-16)22-18-21-12-10-17(23-18)20-11-9-14-5-2-1-3-6-14/h1-8,10,12-13H,9,11,19H2,(H2,20,21,22,23). The van der Waals surface area contributed by atoms with Crippen LogP contribution in [0, 0.1) is 0 Å². The van der Waals surface area contributed by atoms with E-state index >= 15 is 0 Å². The van der Waals surface area contributed by atoms with Crippen molar-refractivity contribution in [3.8, 4) is 0 Å². The van der Waals surface area contributed by atoms with E-state index in [0.717, 1.165) is 29.4 Å². The van der Waals surface area contributed by atoms with Crippen molar-refractivity contribution >= 4 is 29.4 Å². The lowest BCUT2D eigenvalue weighted by Gasteiger charge is -2.09. The first-order valence-electron chi connectivity index (χ1n) is 7.68. The minimum atomic E-state index is 0.555. The van der Waals surface area contributed by atoms with Gasteiger partial charge in [-0.3, -0.25) is 5.14 Å². The molecule has 24 heavy (non-hydrogen) atoms. The van der Waals surface area contributed by atoms with E-state index in [0.29, 0.717) is 5.95 Å². The predicted molar refractivity (Wildman–Crippen MR) is 100 cm³/mol. The molecule has 0 unspecified atom stereocenters. The molecule has 1 aromatic heterocycles. The fourth-order valence-corrected chi connectivity index (χ4v) is 2.63. The average Bonchev–Trinajstić information content (AvgIpc) is 2.63. The molecular weight excluding hydrogens is 318 g/mol. The smallest absolute Gasteiger partial charge is 0.229 e. The van der Waals surface area contributed by atoms with Crippen molar-refractivity contribution in [1.29, 1.82) is 0 Å². The molecule has 0 spiro atoms. The van der Waals surface area contributed by atoms with E-state index in [-0.39, 0.29) is 0 Å². The summed E-state index contributed by atoms with van der Waals surface area (Å²) in [6, 6.07) is 20.1. The van der Waals surface area contributed by atoms with Crippen LogP contribution in [-0.4, -0.2) is 16.5 Å². The predicted octanol–water partition coefficient (Wildman–Crippen LogP) is 3.84. The van der Waals surface area contributed by atoms with Gasteiger partial charge in [0.05, 0.1) is 0 Å². The second-order valence-corrected chi connectivity index (χ2v) is 5.91. The maximum atomic E-state index is 5.59. The van der Waals surface area contributed by atoms with Crippen molar-refractivity contribution in [3.63, 3.8) is 0 Å². The van der Waals surface area contributed by atoms with Crippen molar-refractivity contribution < 1.29 is 0 Å². The Labute approximate surface area is 145 Å². The monoisotopic (exact) mass is 337 g/mol. The van der Waals surface area contributed by atoms with Gasteiger partial charge in [0.25, 0.3) is 0 Å². The quantitative estimate of drug-likeness (QED) is 0.569. The number of nitrogens with two attached hydrogens (primary N) is 1. The number of benzene rings is 2. The SMILES string of the molecule is NSc1cccc(Nc2nccc(NCCc3ccccc3)n2)c1. The highest BCUT2D eigenvalue weighted by atomic mass is 32.2. The van der Waals surface area contributed by atoms with Crippen molar-refractivity contribution in [2.45, 2.75) is 11.3 Å². The Morgan fingerprint density at radius 1 is 1.00 bits per heavy atom.